The van der Waals surface area contributed by atoms with Crippen LogP contribution in [0.25, 0.3) is 0 Å². The molecule has 1 aliphatic rings. The summed E-state index contributed by atoms with van der Waals surface area (Å²) in [6.45, 7) is 0. The van der Waals surface area contributed by atoms with Gasteiger partial charge in [-0.15, -0.1) is 12.4 Å². The Morgan fingerprint density at radius 3 is 2.00 bits per heavy atom. The van der Waals surface area contributed by atoms with Crippen LogP contribution in [0.4, 0.5) is 13.2 Å². The topological polar surface area (TPSA) is 37.3 Å². The number of hydrogen-bond donors (Lipinski definition) is 1. The second-order valence-corrected chi connectivity index (χ2v) is 2.97. The number of aliphatic carboxylic acids is 1. The molecule has 2 nitrogen and oxygen atoms in total. The van der Waals surface area contributed by atoms with E-state index < -0.39 is 29.4 Å². The second-order valence-electron chi connectivity index (χ2n) is 2.42. The average Bonchev–Trinajstić information content (AvgIpc) is 1.82. The van der Waals surface area contributed by atoms with Gasteiger partial charge in [-0.25, -0.2) is 13.2 Å². The first-order valence-electron chi connectivity index (χ1n) is 2.77. The molecule has 2 atom stereocenters. The van der Waals surface area contributed by atoms with Crippen molar-refractivity contribution in [2.45, 2.75) is 17.5 Å². The van der Waals surface area contributed by atoms with Crippen molar-refractivity contribution in [3.63, 3.8) is 0 Å². The highest BCUT2D eigenvalue weighted by molar-refractivity contribution is 6.25. The molecule has 0 saturated heterocycles. The molecule has 0 aromatic rings. The molecular weight excluding hydrogens is 220 g/mol. The van der Waals surface area contributed by atoms with Gasteiger partial charge in [0.15, 0.2) is 0 Å². The fourth-order valence-corrected chi connectivity index (χ4v) is 1.13. The molecule has 0 bridgehead atoms. The maximum atomic E-state index is 12.5. The molecule has 0 aliphatic heterocycles. The Bertz CT molecular complexity index is 207. The molecule has 72 valence electrons. The lowest BCUT2D eigenvalue weighted by atomic mass is 9.78. The van der Waals surface area contributed by atoms with E-state index in [0.29, 0.717) is 0 Å². The van der Waals surface area contributed by atoms with E-state index in [-0.39, 0.29) is 12.4 Å². The van der Waals surface area contributed by atoms with Gasteiger partial charge in [0.05, 0.1) is 0 Å². The SMILES string of the molecule is Cl.O=C(O)C1CC(F)(F)C1(F)Cl. The molecule has 2 unspecified atom stereocenters. The summed E-state index contributed by atoms with van der Waals surface area (Å²) in [4.78, 5) is 10.0. The van der Waals surface area contributed by atoms with E-state index in [1.807, 2.05) is 0 Å². The second kappa shape index (κ2) is 2.96. The lowest BCUT2D eigenvalue weighted by Crippen LogP contribution is -2.60. The van der Waals surface area contributed by atoms with Gasteiger partial charge in [0.1, 0.15) is 5.92 Å². The van der Waals surface area contributed by atoms with Gasteiger partial charge in [-0.1, -0.05) is 11.6 Å². The van der Waals surface area contributed by atoms with Gasteiger partial charge >= 0.3 is 5.97 Å². The van der Waals surface area contributed by atoms with E-state index in [4.69, 9.17) is 5.11 Å². The van der Waals surface area contributed by atoms with E-state index >= 15 is 0 Å². The van der Waals surface area contributed by atoms with Crippen LogP contribution >= 0.6 is 24.0 Å². The maximum Gasteiger partial charge on any atom is 0.311 e. The third kappa shape index (κ3) is 1.35. The summed E-state index contributed by atoms with van der Waals surface area (Å²) >= 11 is 4.66. The molecule has 0 radical (unpaired) electrons. The van der Waals surface area contributed by atoms with Crippen LogP contribution in [0.1, 0.15) is 6.42 Å². The molecule has 1 fully saturated rings. The molecule has 0 heterocycles. The van der Waals surface area contributed by atoms with Crippen LogP contribution in [0.3, 0.4) is 0 Å². The summed E-state index contributed by atoms with van der Waals surface area (Å²) in [6, 6.07) is 0. The monoisotopic (exact) mass is 224 g/mol. The van der Waals surface area contributed by atoms with Crippen LogP contribution in [0.15, 0.2) is 0 Å². The highest BCUT2D eigenvalue weighted by atomic mass is 35.5. The smallest absolute Gasteiger partial charge is 0.311 e. The number of carboxylic acids is 1. The minimum Gasteiger partial charge on any atom is -0.481 e. The van der Waals surface area contributed by atoms with Crippen molar-refractivity contribution in [3.8, 4) is 0 Å². The van der Waals surface area contributed by atoms with Crippen molar-refractivity contribution < 1.29 is 23.1 Å². The van der Waals surface area contributed by atoms with Gasteiger partial charge in [-0.3, -0.25) is 4.79 Å². The fraction of sp³-hybridized carbons (Fsp3) is 0.800. The lowest BCUT2D eigenvalue weighted by Gasteiger charge is -2.42. The molecule has 0 amide bonds. The van der Waals surface area contributed by atoms with E-state index in [1.165, 1.54) is 0 Å². The van der Waals surface area contributed by atoms with Crippen LogP contribution in [0.5, 0.6) is 0 Å². The number of halogens is 5. The van der Waals surface area contributed by atoms with Crippen LogP contribution in [0, 0.1) is 5.92 Å². The van der Waals surface area contributed by atoms with Crippen LogP contribution in [0.2, 0.25) is 0 Å². The highest BCUT2D eigenvalue weighted by Gasteiger charge is 2.72. The molecule has 1 N–H and O–H groups in total. The van der Waals surface area contributed by atoms with Crippen molar-refractivity contribution in [1.29, 1.82) is 0 Å². The van der Waals surface area contributed by atoms with Gasteiger partial charge in [0.2, 0.25) is 0 Å². The Hall–Kier alpha value is -0.160. The normalized spacial score (nSPS) is 37.8. The number of carbonyl (C=O) groups is 1. The van der Waals surface area contributed by atoms with Crippen LogP contribution < -0.4 is 0 Å². The number of rotatable bonds is 1. The third-order valence-corrected chi connectivity index (χ3v) is 2.22. The van der Waals surface area contributed by atoms with E-state index in [2.05, 4.69) is 11.6 Å². The first kappa shape index (κ1) is 11.8. The lowest BCUT2D eigenvalue weighted by molar-refractivity contribution is -0.216. The first-order valence-corrected chi connectivity index (χ1v) is 3.15. The van der Waals surface area contributed by atoms with Crippen molar-refractivity contribution in [1.82, 2.24) is 0 Å². The Labute approximate surface area is 77.1 Å². The van der Waals surface area contributed by atoms with Gasteiger partial charge < -0.3 is 5.11 Å². The molecule has 0 aromatic carbocycles. The van der Waals surface area contributed by atoms with Gasteiger partial charge in [0.25, 0.3) is 11.1 Å². The molecule has 1 rings (SSSR count). The Morgan fingerprint density at radius 1 is 1.50 bits per heavy atom. The number of carboxylic acid groups (broad SMARTS) is 1. The average molecular weight is 225 g/mol. The summed E-state index contributed by atoms with van der Waals surface area (Å²) in [5.41, 5.74) is 0. The van der Waals surface area contributed by atoms with Crippen LogP contribution in [-0.2, 0) is 4.79 Å². The van der Waals surface area contributed by atoms with Crippen molar-refractivity contribution in [2.24, 2.45) is 5.92 Å². The van der Waals surface area contributed by atoms with Crippen molar-refractivity contribution >= 4 is 30.0 Å². The molecule has 0 aromatic heterocycles. The van der Waals surface area contributed by atoms with E-state index in [9.17, 15) is 18.0 Å². The molecule has 12 heavy (non-hydrogen) atoms. The van der Waals surface area contributed by atoms with E-state index in [1.54, 1.807) is 0 Å². The van der Waals surface area contributed by atoms with Gasteiger partial charge in [-0.2, -0.15) is 0 Å². The van der Waals surface area contributed by atoms with Crippen LogP contribution in [-0.4, -0.2) is 22.1 Å². The molecule has 1 saturated carbocycles. The predicted octanol–water partition coefficient (Wildman–Crippen LogP) is 2.05. The highest BCUT2D eigenvalue weighted by Crippen LogP contribution is 2.56. The Balaban J connectivity index is 0.00000121. The minimum atomic E-state index is -3.71. The summed E-state index contributed by atoms with van der Waals surface area (Å²) in [5, 5.41) is 4.74. The number of hydrogen-bond acceptors (Lipinski definition) is 1. The molecule has 1 aliphatic carbocycles. The zero-order chi connectivity index (χ0) is 8.86. The van der Waals surface area contributed by atoms with E-state index in [0.717, 1.165) is 0 Å². The maximum absolute atomic E-state index is 12.5. The van der Waals surface area contributed by atoms with Crippen molar-refractivity contribution in [3.05, 3.63) is 0 Å². The summed E-state index contributed by atoms with van der Waals surface area (Å²) in [6.07, 6.45) is -1.03. The fourth-order valence-electron chi connectivity index (χ4n) is 0.887. The van der Waals surface area contributed by atoms with Crippen molar-refractivity contribution in [2.75, 3.05) is 0 Å². The summed E-state index contributed by atoms with van der Waals surface area (Å²) in [5.74, 6) is -7.13. The summed E-state index contributed by atoms with van der Waals surface area (Å²) in [7, 11) is 0. The Morgan fingerprint density at radius 2 is 1.92 bits per heavy atom. The largest absolute Gasteiger partial charge is 0.481 e. The predicted molar refractivity (Wildman–Crippen MR) is 37.6 cm³/mol. The zero-order valence-electron chi connectivity index (χ0n) is 5.56. The van der Waals surface area contributed by atoms with Gasteiger partial charge in [-0.05, 0) is 0 Å². The summed E-state index contributed by atoms with van der Waals surface area (Å²) < 4.78 is 36.8. The minimum absolute atomic E-state index is 0. The molecule has 0 spiro atoms. The third-order valence-electron chi connectivity index (χ3n) is 1.68. The quantitative estimate of drug-likeness (QED) is 0.693. The van der Waals surface area contributed by atoms with Gasteiger partial charge in [0, 0.05) is 6.42 Å². The Kier molecular flexibility index (Phi) is 2.92. The standard InChI is InChI=1S/C5H4ClF3O2.ClH/c6-5(9)2(3(10)11)1-4(5,7)8;/h2H,1H2,(H,10,11);1H. The molecular formula is C5H5Cl2F3O2. The zero-order valence-corrected chi connectivity index (χ0v) is 7.13. The number of alkyl halides is 4. The molecule has 7 heteroatoms. The first-order chi connectivity index (χ1) is 4.79.